The van der Waals surface area contributed by atoms with Crippen LogP contribution < -0.4 is 10.6 Å². The third-order valence-corrected chi connectivity index (χ3v) is 3.46. The summed E-state index contributed by atoms with van der Waals surface area (Å²) < 4.78 is 5.26. The molecule has 1 unspecified atom stereocenters. The van der Waals surface area contributed by atoms with Gasteiger partial charge in [0.05, 0.1) is 23.9 Å². The second-order valence-electron chi connectivity index (χ2n) is 4.57. The Morgan fingerprint density at radius 2 is 2.24 bits per heavy atom. The van der Waals surface area contributed by atoms with Crippen LogP contribution in [0.5, 0.6) is 0 Å². The van der Waals surface area contributed by atoms with Gasteiger partial charge in [-0.25, -0.2) is 4.79 Å². The Kier molecular flexibility index (Phi) is 4.82. The summed E-state index contributed by atoms with van der Waals surface area (Å²) in [4.78, 5) is 23.8. The van der Waals surface area contributed by atoms with Gasteiger partial charge in [-0.2, -0.15) is 0 Å². The summed E-state index contributed by atoms with van der Waals surface area (Å²) in [7, 11) is 0. The molecule has 3 N–H and O–H groups in total. The second-order valence-corrected chi connectivity index (χ2v) is 4.98. The third kappa shape index (κ3) is 3.74. The zero-order valence-corrected chi connectivity index (χ0v) is 11.9. The molecule has 7 heteroatoms. The predicted molar refractivity (Wildman–Crippen MR) is 79.3 cm³/mol. The predicted octanol–water partition coefficient (Wildman–Crippen LogP) is 1.13. The van der Waals surface area contributed by atoms with Crippen LogP contribution in [0.15, 0.2) is 24.3 Å². The molecular weight excluding hydrogens is 296 g/mol. The molecule has 1 aliphatic rings. The summed E-state index contributed by atoms with van der Waals surface area (Å²) in [6.45, 7) is 1.23. The van der Waals surface area contributed by atoms with Gasteiger partial charge in [0.1, 0.15) is 6.04 Å². The van der Waals surface area contributed by atoms with Crippen LogP contribution in [0.3, 0.4) is 0 Å². The fourth-order valence-electron chi connectivity index (χ4n) is 2.15. The molecule has 0 aliphatic carbocycles. The first-order chi connectivity index (χ1) is 9.99. The standard InChI is InChI=1S/C14H15ClN2O4/c15-10-7-9(2-4-13(18)19)1-3-11(10)17-5-6-21-8-12(17)14(16)20/h1-4,7,12H,5-6,8H2,(H2,16,20)(H,18,19)/b4-2+. The summed E-state index contributed by atoms with van der Waals surface area (Å²) in [5.41, 5.74) is 6.71. The normalized spacial score (nSPS) is 18.9. The van der Waals surface area contributed by atoms with Gasteiger partial charge >= 0.3 is 5.97 Å². The highest BCUT2D eigenvalue weighted by Crippen LogP contribution is 2.30. The summed E-state index contributed by atoms with van der Waals surface area (Å²) in [5, 5.41) is 9.03. The van der Waals surface area contributed by atoms with E-state index in [2.05, 4.69) is 0 Å². The highest BCUT2D eigenvalue weighted by Gasteiger charge is 2.29. The number of nitrogens with zero attached hydrogens (tertiary/aromatic N) is 1. The molecule has 0 spiro atoms. The zero-order valence-electron chi connectivity index (χ0n) is 11.2. The number of aliphatic carboxylic acids is 1. The van der Waals surface area contributed by atoms with Crippen molar-refractivity contribution in [1.82, 2.24) is 0 Å². The molecule has 1 fully saturated rings. The minimum absolute atomic E-state index is 0.229. The largest absolute Gasteiger partial charge is 0.478 e. The van der Waals surface area contributed by atoms with Crippen molar-refractivity contribution >= 4 is 35.2 Å². The number of primary amides is 1. The van der Waals surface area contributed by atoms with Crippen molar-refractivity contribution in [3.63, 3.8) is 0 Å². The van der Waals surface area contributed by atoms with E-state index in [9.17, 15) is 9.59 Å². The maximum atomic E-state index is 11.5. The first kappa shape index (κ1) is 15.3. The highest BCUT2D eigenvalue weighted by molar-refractivity contribution is 6.33. The Hall–Kier alpha value is -2.05. The molecule has 0 saturated carbocycles. The van der Waals surface area contributed by atoms with Gasteiger partial charge in [0.25, 0.3) is 0 Å². The van der Waals surface area contributed by atoms with E-state index in [-0.39, 0.29) is 6.61 Å². The van der Waals surface area contributed by atoms with E-state index in [1.165, 1.54) is 6.08 Å². The molecule has 21 heavy (non-hydrogen) atoms. The minimum atomic E-state index is -1.03. The molecule has 1 aliphatic heterocycles. The van der Waals surface area contributed by atoms with Crippen LogP contribution in [-0.4, -0.2) is 42.8 Å². The molecule has 1 atom stereocenters. The van der Waals surface area contributed by atoms with Crippen molar-refractivity contribution in [1.29, 1.82) is 0 Å². The second kappa shape index (κ2) is 6.60. The van der Waals surface area contributed by atoms with Crippen LogP contribution >= 0.6 is 11.6 Å². The molecule has 1 aromatic carbocycles. The maximum Gasteiger partial charge on any atom is 0.328 e. The Morgan fingerprint density at radius 3 is 2.86 bits per heavy atom. The molecule has 1 aromatic rings. The molecule has 2 rings (SSSR count). The molecule has 1 heterocycles. The number of carboxylic acid groups (broad SMARTS) is 1. The van der Waals surface area contributed by atoms with E-state index in [0.29, 0.717) is 29.4 Å². The van der Waals surface area contributed by atoms with Crippen molar-refractivity contribution in [3.8, 4) is 0 Å². The number of benzene rings is 1. The fraction of sp³-hybridized carbons (Fsp3) is 0.286. The number of anilines is 1. The first-order valence-electron chi connectivity index (χ1n) is 6.33. The van der Waals surface area contributed by atoms with Gasteiger partial charge in [0.15, 0.2) is 0 Å². The minimum Gasteiger partial charge on any atom is -0.478 e. The van der Waals surface area contributed by atoms with Crippen LogP contribution in [0.2, 0.25) is 5.02 Å². The van der Waals surface area contributed by atoms with Crippen LogP contribution in [-0.2, 0) is 14.3 Å². The summed E-state index contributed by atoms with van der Waals surface area (Å²) in [6, 6.07) is 4.56. The van der Waals surface area contributed by atoms with Gasteiger partial charge < -0.3 is 20.5 Å². The van der Waals surface area contributed by atoms with Gasteiger partial charge in [-0.05, 0) is 23.8 Å². The Balaban J connectivity index is 2.27. The molecule has 112 valence electrons. The quantitative estimate of drug-likeness (QED) is 0.813. The number of carbonyl (C=O) groups is 2. The van der Waals surface area contributed by atoms with Gasteiger partial charge in [-0.1, -0.05) is 17.7 Å². The van der Waals surface area contributed by atoms with Crippen LogP contribution in [0.1, 0.15) is 5.56 Å². The maximum absolute atomic E-state index is 11.5. The summed E-state index contributed by atoms with van der Waals surface area (Å²) in [6.07, 6.45) is 2.48. The molecule has 0 bridgehead atoms. The first-order valence-corrected chi connectivity index (χ1v) is 6.71. The van der Waals surface area contributed by atoms with E-state index in [1.807, 2.05) is 0 Å². The smallest absolute Gasteiger partial charge is 0.328 e. The van der Waals surface area contributed by atoms with Gasteiger partial charge in [0.2, 0.25) is 5.91 Å². The summed E-state index contributed by atoms with van der Waals surface area (Å²) in [5.74, 6) is -1.50. The number of ether oxygens (including phenoxy) is 1. The molecule has 0 radical (unpaired) electrons. The van der Waals surface area contributed by atoms with Gasteiger partial charge in [-0.3, -0.25) is 4.79 Å². The Labute approximate surface area is 126 Å². The van der Waals surface area contributed by atoms with Gasteiger partial charge in [-0.15, -0.1) is 0 Å². The Morgan fingerprint density at radius 1 is 1.48 bits per heavy atom. The number of amides is 1. The lowest BCUT2D eigenvalue weighted by Crippen LogP contribution is -2.52. The van der Waals surface area contributed by atoms with Crippen molar-refractivity contribution in [2.75, 3.05) is 24.7 Å². The number of halogens is 1. The van der Waals surface area contributed by atoms with E-state index in [4.69, 9.17) is 27.2 Å². The molecule has 6 nitrogen and oxygen atoms in total. The summed E-state index contributed by atoms with van der Waals surface area (Å²) >= 11 is 6.23. The van der Waals surface area contributed by atoms with Crippen molar-refractivity contribution in [2.24, 2.45) is 5.73 Å². The van der Waals surface area contributed by atoms with Crippen LogP contribution in [0, 0.1) is 0 Å². The fourth-order valence-corrected chi connectivity index (χ4v) is 2.45. The highest BCUT2D eigenvalue weighted by atomic mass is 35.5. The number of carboxylic acids is 1. The van der Waals surface area contributed by atoms with E-state index < -0.39 is 17.9 Å². The lowest BCUT2D eigenvalue weighted by atomic mass is 10.1. The average molecular weight is 311 g/mol. The average Bonchev–Trinajstić information content (AvgIpc) is 2.45. The zero-order chi connectivity index (χ0) is 15.4. The number of morpholine rings is 1. The number of carbonyl (C=O) groups excluding carboxylic acids is 1. The third-order valence-electron chi connectivity index (χ3n) is 3.16. The Bertz CT molecular complexity index is 588. The van der Waals surface area contributed by atoms with E-state index in [0.717, 1.165) is 6.08 Å². The van der Waals surface area contributed by atoms with Crippen molar-refractivity contribution in [3.05, 3.63) is 34.9 Å². The lowest BCUT2D eigenvalue weighted by Gasteiger charge is -2.35. The van der Waals surface area contributed by atoms with Crippen LogP contribution in [0.4, 0.5) is 5.69 Å². The topological polar surface area (TPSA) is 92.9 Å². The molecule has 1 amide bonds. The van der Waals surface area contributed by atoms with Crippen LogP contribution in [0.25, 0.3) is 6.08 Å². The molecule has 1 saturated heterocycles. The van der Waals surface area contributed by atoms with E-state index >= 15 is 0 Å². The van der Waals surface area contributed by atoms with Gasteiger partial charge in [0, 0.05) is 12.6 Å². The molecular formula is C14H15ClN2O4. The van der Waals surface area contributed by atoms with Crippen molar-refractivity contribution in [2.45, 2.75) is 6.04 Å². The number of nitrogens with two attached hydrogens (primary N) is 1. The van der Waals surface area contributed by atoms with E-state index in [1.54, 1.807) is 23.1 Å². The number of rotatable bonds is 4. The van der Waals surface area contributed by atoms with Crippen molar-refractivity contribution < 1.29 is 19.4 Å². The monoisotopic (exact) mass is 310 g/mol. The SMILES string of the molecule is NC(=O)C1COCCN1c1ccc(/C=C/C(=O)O)cc1Cl. The number of hydrogen-bond acceptors (Lipinski definition) is 4. The number of hydrogen-bond donors (Lipinski definition) is 2. The lowest BCUT2D eigenvalue weighted by molar-refractivity contribution is -0.131. The molecule has 0 aromatic heterocycles.